The Morgan fingerprint density at radius 1 is 1.14 bits per heavy atom. The Morgan fingerprint density at radius 3 is 2.07 bits per heavy atom. The normalized spacial score (nSPS) is 13.9. The average molecular weight is 200 g/mol. The van der Waals surface area contributed by atoms with Crippen LogP contribution in [0, 0.1) is 5.92 Å². The van der Waals surface area contributed by atoms with Gasteiger partial charge in [-0.1, -0.05) is 33.6 Å². The van der Waals surface area contributed by atoms with Gasteiger partial charge in [0.05, 0.1) is 0 Å². The van der Waals surface area contributed by atoms with E-state index in [4.69, 9.17) is 0 Å². The molecule has 0 saturated heterocycles. The van der Waals surface area contributed by atoms with Crippen molar-refractivity contribution in [3.63, 3.8) is 0 Å². The van der Waals surface area contributed by atoms with Crippen LogP contribution < -0.4 is 5.32 Å². The molecule has 0 aromatic heterocycles. The smallest absolute Gasteiger partial charge is 0.0192 e. The van der Waals surface area contributed by atoms with Gasteiger partial charge in [0.1, 0.15) is 0 Å². The van der Waals surface area contributed by atoms with E-state index >= 15 is 0 Å². The summed E-state index contributed by atoms with van der Waals surface area (Å²) in [6.45, 7) is 12.7. The van der Waals surface area contributed by atoms with Gasteiger partial charge in [0, 0.05) is 19.1 Å². The molecular weight excluding hydrogens is 172 g/mol. The lowest BCUT2D eigenvalue weighted by atomic mass is 10.0. The quantitative estimate of drug-likeness (QED) is 0.647. The minimum Gasteiger partial charge on any atom is -0.318 e. The van der Waals surface area contributed by atoms with E-state index in [1.54, 1.807) is 0 Å². The third-order valence-corrected chi connectivity index (χ3v) is 3.18. The molecule has 0 radical (unpaired) electrons. The maximum absolute atomic E-state index is 3.25. The molecule has 0 heterocycles. The topological polar surface area (TPSA) is 15.3 Å². The molecule has 0 aliphatic rings. The summed E-state index contributed by atoms with van der Waals surface area (Å²) in [5, 5.41) is 3.25. The Morgan fingerprint density at radius 2 is 1.71 bits per heavy atom. The summed E-state index contributed by atoms with van der Waals surface area (Å²) < 4.78 is 0. The molecule has 0 bridgehead atoms. The second-order valence-electron chi connectivity index (χ2n) is 4.18. The van der Waals surface area contributed by atoms with Crippen molar-refractivity contribution in [3.05, 3.63) is 0 Å². The molecule has 0 amide bonds. The molecule has 0 aromatic rings. The van der Waals surface area contributed by atoms with Crippen LogP contribution in [0.15, 0.2) is 0 Å². The molecule has 0 aliphatic carbocycles. The second-order valence-corrected chi connectivity index (χ2v) is 4.18. The Kier molecular flexibility index (Phi) is 8.20. The fourth-order valence-electron chi connectivity index (χ4n) is 1.92. The van der Waals surface area contributed by atoms with Crippen LogP contribution in [0.1, 0.15) is 40.5 Å². The second kappa shape index (κ2) is 8.25. The molecule has 0 aromatic carbocycles. The molecule has 2 heteroatoms. The first-order valence-electron chi connectivity index (χ1n) is 6.08. The Labute approximate surface area is 90.1 Å². The van der Waals surface area contributed by atoms with Gasteiger partial charge < -0.3 is 5.32 Å². The highest BCUT2D eigenvalue weighted by atomic mass is 15.2. The van der Waals surface area contributed by atoms with E-state index in [1.165, 1.54) is 25.9 Å². The summed E-state index contributed by atoms with van der Waals surface area (Å²) >= 11 is 0. The number of hydrogen-bond donors (Lipinski definition) is 1. The molecule has 0 rings (SSSR count). The van der Waals surface area contributed by atoms with Gasteiger partial charge in [-0.15, -0.1) is 0 Å². The monoisotopic (exact) mass is 200 g/mol. The first-order valence-corrected chi connectivity index (χ1v) is 6.08. The number of nitrogens with zero attached hydrogens (tertiary/aromatic N) is 1. The third kappa shape index (κ3) is 4.97. The van der Waals surface area contributed by atoms with Gasteiger partial charge in [-0.2, -0.15) is 0 Å². The van der Waals surface area contributed by atoms with Gasteiger partial charge >= 0.3 is 0 Å². The van der Waals surface area contributed by atoms with Crippen molar-refractivity contribution in [2.45, 2.75) is 46.6 Å². The fraction of sp³-hybridized carbons (Fsp3) is 1.00. The maximum Gasteiger partial charge on any atom is 0.0192 e. The van der Waals surface area contributed by atoms with Crippen molar-refractivity contribution in [1.29, 1.82) is 0 Å². The zero-order valence-electron chi connectivity index (χ0n) is 10.6. The summed E-state index contributed by atoms with van der Waals surface area (Å²) in [5.74, 6) is 0.870. The zero-order chi connectivity index (χ0) is 11.0. The summed E-state index contributed by atoms with van der Waals surface area (Å²) in [7, 11) is 2.03. The molecule has 1 unspecified atom stereocenters. The van der Waals surface area contributed by atoms with E-state index < -0.39 is 0 Å². The van der Waals surface area contributed by atoms with Crippen molar-refractivity contribution in [2.75, 3.05) is 26.7 Å². The Balaban J connectivity index is 3.98. The minimum atomic E-state index is 0.658. The van der Waals surface area contributed by atoms with Crippen LogP contribution in [0.3, 0.4) is 0 Å². The predicted octanol–water partition coefficient (Wildman–Crippen LogP) is 2.35. The van der Waals surface area contributed by atoms with Crippen LogP contribution in [0.4, 0.5) is 0 Å². The highest BCUT2D eigenvalue weighted by Gasteiger charge is 2.14. The predicted molar refractivity (Wildman–Crippen MR) is 64.7 cm³/mol. The van der Waals surface area contributed by atoms with E-state index in [2.05, 4.69) is 37.9 Å². The van der Waals surface area contributed by atoms with Gasteiger partial charge in [-0.05, 0) is 26.4 Å². The van der Waals surface area contributed by atoms with Crippen molar-refractivity contribution < 1.29 is 0 Å². The SMILES string of the molecule is CCC(CC)CN(CC)C(C)CNC. The van der Waals surface area contributed by atoms with E-state index in [0.29, 0.717) is 6.04 Å². The van der Waals surface area contributed by atoms with Gasteiger partial charge in [0.25, 0.3) is 0 Å². The van der Waals surface area contributed by atoms with Crippen molar-refractivity contribution in [3.8, 4) is 0 Å². The molecule has 0 saturated carbocycles. The average Bonchev–Trinajstić information content (AvgIpc) is 2.20. The number of hydrogen-bond acceptors (Lipinski definition) is 2. The van der Waals surface area contributed by atoms with Gasteiger partial charge in [-0.3, -0.25) is 4.90 Å². The maximum atomic E-state index is 3.25. The van der Waals surface area contributed by atoms with Gasteiger partial charge in [0.15, 0.2) is 0 Å². The fourth-order valence-corrected chi connectivity index (χ4v) is 1.92. The molecule has 1 atom stereocenters. The largest absolute Gasteiger partial charge is 0.318 e. The first kappa shape index (κ1) is 13.9. The summed E-state index contributed by atoms with van der Waals surface area (Å²) in [6, 6.07) is 0.658. The Bertz CT molecular complexity index is 121. The van der Waals surface area contributed by atoms with E-state index in [0.717, 1.165) is 12.5 Å². The third-order valence-electron chi connectivity index (χ3n) is 3.18. The lowest BCUT2D eigenvalue weighted by Gasteiger charge is -2.30. The van der Waals surface area contributed by atoms with Crippen LogP contribution in [0.5, 0.6) is 0 Å². The number of rotatable bonds is 8. The highest BCUT2D eigenvalue weighted by Crippen LogP contribution is 2.11. The first-order chi connectivity index (χ1) is 6.69. The highest BCUT2D eigenvalue weighted by molar-refractivity contribution is 4.70. The minimum absolute atomic E-state index is 0.658. The molecule has 0 aliphatic heterocycles. The summed E-state index contributed by atoms with van der Waals surface area (Å²) in [6.07, 6.45) is 2.61. The van der Waals surface area contributed by atoms with E-state index in [1.807, 2.05) is 7.05 Å². The van der Waals surface area contributed by atoms with E-state index in [9.17, 15) is 0 Å². The lowest BCUT2D eigenvalue weighted by molar-refractivity contribution is 0.179. The van der Waals surface area contributed by atoms with E-state index in [-0.39, 0.29) is 0 Å². The molecule has 0 fully saturated rings. The summed E-state index contributed by atoms with van der Waals surface area (Å²) in [4.78, 5) is 2.58. The summed E-state index contributed by atoms with van der Waals surface area (Å²) in [5.41, 5.74) is 0. The molecule has 0 spiro atoms. The van der Waals surface area contributed by atoms with Crippen molar-refractivity contribution in [1.82, 2.24) is 10.2 Å². The van der Waals surface area contributed by atoms with Crippen LogP contribution in [0.2, 0.25) is 0 Å². The Hall–Kier alpha value is -0.0800. The molecule has 86 valence electrons. The molecule has 14 heavy (non-hydrogen) atoms. The molecule has 1 N–H and O–H groups in total. The zero-order valence-corrected chi connectivity index (χ0v) is 10.6. The van der Waals surface area contributed by atoms with Crippen LogP contribution in [-0.4, -0.2) is 37.6 Å². The van der Waals surface area contributed by atoms with Crippen molar-refractivity contribution in [2.24, 2.45) is 5.92 Å². The van der Waals surface area contributed by atoms with Crippen LogP contribution in [-0.2, 0) is 0 Å². The van der Waals surface area contributed by atoms with Crippen molar-refractivity contribution >= 4 is 0 Å². The lowest BCUT2D eigenvalue weighted by Crippen LogP contribution is -2.41. The van der Waals surface area contributed by atoms with Crippen LogP contribution >= 0.6 is 0 Å². The van der Waals surface area contributed by atoms with Gasteiger partial charge in [0.2, 0.25) is 0 Å². The van der Waals surface area contributed by atoms with Gasteiger partial charge in [-0.25, -0.2) is 0 Å². The number of nitrogens with one attached hydrogen (secondary N) is 1. The van der Waals surface area contributed by atoms with Crippen LogP contribution in [0.25, 0.3) is 0 Å². The molecule has 2 nitrogen and oxygen atoms in total. The molecular formula is C12H28N2. The number of likely N-dealkylation sites (N-methyl/N-ethyl adjacent to an activating group) is 2. The standard InChI is InChI=1S/C12H28N2/c1-6-12(7-2)10-14(8-3)11(4)9-13-5/h11-13H,6-10H2,1-5H3.